The molecule has 0 aliphatic carbocycles. The Balaban J connectivity index is 1.52. The van der Waals surface area contributed by atoms with E-state index in [0.717, 1.165) is 57.5 Å². The van der Waals surface area contributed by atoms with E-state index >= 15 is 0 Å². The van der Waals surface area contributed by atoms with Crippen molar-refractivity contribution in [3.63, 3.8) is 0 Å². The summed E-state index contributed by atoms with van der Waals surface area (Å²) in [6.07, 6.45) is 1.84. The van der Waals surface area contributed by atoms with Gasteiger partial charge in [0.2, 0.25) is 5.91 Å². The maximum absolute atomic E-state index is 11.9. The van der Waals surface area contributed by atoms with Gasteiger partial charge < -0.3 is 10.3 Å². The van der Waals surface area contributed by atoms with Crippen LogP contribution in [0.1, 0.15) is 40.7 Å². The number of nitrogens with one attached hydrogen (secondary N) is 1. The molecule has 5 aromatic rings. The maximum Gasteiger partial charge on any atom is 0.248 e. The second kappa shape index (κ2) is 8.90. The maximum atomic E-state index is 11.9. The number of carbonyl (C=O) groups excluding carboxylic acids is 1. The van der Waals surface area contributed by atoms with Crippen LogP contribution in [0.2, 0.25) is 0 Å². The molecule has 5 rings (SSSR count). The van der Waals surface area contributed by atoms with E-state index in [1.165, 1.54) is 0 Å². The lowest BCUT2D eigenvalue weighted by atomic mass is 9.98. The van der Waals surface area contributed by atoms with Crippen molar-refractivity contribution >= 4 is 16.9 Å². The number of rotatable bonds is 7. The molecule has 1 amide bonds. The van der Waals surface area contributed by atoms with Crippen molar-refractivity contribution in [3.05, 3.63) is 83.2 Å². The zero-order valence-electron chi connectivity index (χ0n) is 19.1. The number of amides is 1. The van der Waals surface area contributed by atoms with Crippen molar-refractivity contribution in [2.75, 3.05) is 0 Å². The number of primary amides is 1. The molecule has 3 N–H and O–H groups in total. The van der Waals surface area contributed by atoms with Gasteiger partial charge in [0.1, 0.15) is 5.82 Å². The van der Waals surface area contributed by atoms with E-state index in [1.54, 1.807) is 0 Å². The molecule has 8 heteroatoms. The van der Waals surface area contributed by atoms with E-state index in [1.807, 2.05) is 37.3 Å². The molecular formula is C26H25N7O. The minimum Gasteiger partial charge on any atom is -0.366 e. The molecule has 0 bridgehead atoms. The normalized spacial score (nSPS) is 11.2. The summed E-state index contributed by atoms with van der Waals surface area (Å²) in [4.78, 5) is 16.8. The molecule has 0 radical (unpaired) electrons. The summed E-state index contributed by atoms with van der Waals surface area (Å²) in [7, 11) is 0. The Labute approximate surface area is 196 Å². The number of aromatic nitrogens is 6. The Morgan fingerprint density at radius 2 is 1.82 bits per heavy atom. The van der Waals surface area contributed by atoms with Crippen LogP contribution in [0.4, 0.5) is 0 Å². The molecule has 0 saturated heterocycles. The minimum absolute atomic E-state index is 0.431. The molecule has 0 aliphatic heterocycles. The van der Waals surface area contributed by atoms with Crippen molar-refractivity contribution < 1.29 is 4.79 Å². The SMILES string of the molecule is CCCc1nc2c(C)cc(C(N)=O)cc2n1Cc1ccc(-c2ccccc2-c2nnn[nH]2)cc1. The van der Waals surface area contributed by atoms with Crippen molar-refractivity contribution in [1.82, 2.24) is 30.2 Å². The fourth-order valence-electron chi connectivity index (χ4n) is 4.36. The van der Waals surface area contributed by atoms with Crippen molar-refractivity contribution in [2.24, 2.45) is 5.73 Å². The summed E-state index contributed by atoms with van der Waals surface area (Å²) in [6.45, 7) is 4.77. The van der Waals surface area contributed by atoms with Gasteiger partial charge in [-0.05, 0) is 58.2 Å². The molecule has 170 valence electrons. The summed E-state index contributed by atoms with van der Waals surface area (Å²) in [5.74, 6) is 1.21. The number of benzene rings is 3. The Kier molecular flexibility index (Phi) is 5.63. The van der Waals surface area contributed by atoms with Gasteiger partial charge in [0.15, 0.2) is 5.82 Å². The van der Waals surface area contributed by atoms with E-state index in [2.05, 4.69) is 62.4 Å². The monoisotopic (exact) mass is 451 g/mol. The van der Waals surface area contributed by atoms with E-state index in [-0.39, 0.29) is 0 Å². The van der Waals surface area contributed by atoms with Crippen LogP contribution in [-0.2, 0) is 13.0 Å². The highest BCUT2D eigenvalue weighted by molar-refractivity contribution is 5.97. The number of imidazole rings is 1. The zero-order chi connectivity index (χ0) is 23.7. The average Bonchev–Trinajstić information content (AvgIpc) is 3.49. The summed E-state index contributed by atoms with van der Waals surface area (Å²) >= 11 is 0. The average molecular weight is 452 g/mol. The summed E-state index contributed by atoms with van der Waals surface area (Å²) in [5, 5.41) is 14.3. The van der Waals surface area contributed by atoms with Crippen molar-refractivity contribution in [3.8, 4) is 22.5 Å². The molecule has 0 atom stereocenters. The summed E-state index contributed by atoms with van der Waals surface area (Å²) < 4.78 is 2.20. The van der Waals surface area contributed by atoms with E-state index < -0.39 is 5.91 Å². The van der Waals surface area contributed by atoms with E-state index in [9.17, 15) is 4.79 Å². The highest BCUT2D eigenvalue weighted by Gasteiger charge is 2.16. The Hall–Kier alpha value is -4.33. The molecule has 2 heterocycles. The minimum atomic E-state index is -0.431. The molecular weight excluding hydrogens is 426 g/mol. The van der Waals surface area contributed by atoms with Crippen LogP contribution in [0.15, 0.2) is 60.7 Å². The number of hydrogen-bond donors (Lipinski definition) is 2. The van der Waals surface area contributed by atoms with Crippen LogP contribution in [0.5, 0.6) is 0 Å². The number of fused-ring (bicyclic) bond motifs is 1. The second-order valence-corrected chi connectivity index (χ2v) is 8.38. The lowest BCUT2D eigenvalue weighted by molar-refractivity contribution is 0.100. The number of aromatic amines is 1. The number of nitrogens with two attached hydrogens (primary N) is 1. The molecule has 34 heavy (non-hydrogen) atoms. The van der Waals surface area contributed by atoms with Crippen molar-refractivity contribution in [2.45, 2.75) is 33.2 Å². The first-order chi connectivity index (χ1) is 16.5. The third-order valence-electron chi connectivity index (χ3n) is 6.01. The standard InChI is InChI=1S/C26H25N7O/c1-3-6-23-28-24-16(2)13-19(25(27)34)14-22(24)33(23)15-17-9-11-18(12-10-17)20-7-4-5-8-21(20)26-29-31-32-30-26/h4-5,7-14H,3,6,15H2,1-2H3,(H2,27,34)(H,29,30,31,32). The van der Waals surface area contributed by atoms with Crippen LogP contribution < -0.4 is 5.73 Å². The fourth-order valence-corrected chi connectivity index (χ4v) is 4.36. The summed E-state index contributed by atoms with van der Waals surface area (Å²) in [5.41, 5.74) is 13.1. The third-order valence-corrected chi connectivity index (χ3v) is 6.01. The van der Waals surface area contributed by atoms with Gasteiger partial charge in [-0.3, -0.25) is 4.79 Å². The Morgan fingerprint density at radius 3 is 2.50 bits per heavy atom. The number of hydrogen-bond acceptors (Lipinski definition) is 5. The fraction of sp³-hybridized carbons (Fsp3) is 0.192. The number of nitrogens with zero attached hydrogens (tertiary/aromatic N) is 5. The molecule has 0 saturated carbocycles. The third kappa shape index (κ3) is 3.94. The first-order valence-electron chi connectivity index (χ1n) is 11.3. The number of aryl methyl sites for hydroxylation is 2. The number of tetrazole rings is 1. The lowest BCUT2D eigenvalue weighted by Crippen LogP contribution is -2.11. The van der Waals surface area contributed by atoms with Crippen LogP contribution >= 0.6 is 0 Å². The Bertz CT molecular complexity index is 1470. The highest BCUT2D eigenvalue weighted by atomic mass is 16.1. The van der Waals surface area contributed by atoms with Crippen LogP contribution in [0, 0.1) is 6.92 Å². The predicted octanol–water partition coefficient (Wildman–Crippen LogP) is 4.29. The van der Waals surface area contributed by atoms with E-state index in [4.69, 9.17) is 10.7 Å². The molecule has 0 fully saturated rings. The molecule has 0 unspecified atom stereocenters. The smallest absolute Gasteiger partial charge is 0.248 e. The number of carbonyl (C=O) groups is 1. The highest BCUT2D eigenvalue weighted by Crippen LogP contribution is 2.30. The first kappa shape index (κ1) is 21.5. The van der Waals surface area contributed by atoms with Gasteiger partial charge in [0.25, 0.3) is 0 Å². The first-order valence-corrected chi connectivity index (χ1v) is 11.3. The van der Waals surface area contributed by atoms with Gasteiger partial charge in [0.05, 0.1) is 11.0 Å². The predicted molar refractivity (Wildman–Crippen MR) is 131 cm³/mol. The molecule has 2 aromatic heterocycles. The quantitative estimate of drug-likeness (QED) is 0.383. The molecule has 8 nitrogen and oxygen atoms in total. The van der Waals surface area contributed by atoms with Gasteiger partial charge in [-0.1, -0.05) is 55.5 Å². The van der Waals surface area contributed by atoms with Gasteiger partial charge in [0, 0.05) is 24.1 Å². The summed E-state index contributed by atoms with van der Waals surface area (Å²) in [6, 6.07) is 20.2. The lowest BCUT2D eigenvalue weighted by Gasteiger charge is -2.12. The largest absolute Gasteiger partial charge is 0.366 e. The topological polar surface area (TPSA) is 115 Å². The van der Waals surface area contributed by atoms with Gasteiger partial charge in [-0.15, -0.1) is 5.10 Å². The van der Waals surface area contributed by atoms with Crippen molar-refractivity contribution in [1.29, 1.82) is 0 Å². The second-order valence-electron chi connectivity index (χ2n) is 8.38. The van der Waals surface area contributed by atoms with E-state index in [0.29, 0.717) is 17.9 Å². The Morgan fingerprint density at radius 1 is 1.06 bits per heavy atom. The molecule has 0 aliphatic rings. The molecule has 0 spiro atoms. The van der Waals surface area contributed by atoms with Gasteiger partial charge in [-0.2, -0.15) is 0 Å². The van der Waals surface area contributed by atoms with Crippen LogP contribution in [0.25, 0.3) is 33.5 Å². The zero-order valence-corrected chi connectivity index (χ0v) is 19.1. The number of H-pyrrole nitrogens is 1. The van der Waals surface area contributed by atoms with Crippen LogP contribution in [0.3, 0.4) is 0 Å². The molecule has 3 aromatic carbocycles. The van der Waals surface area contributed by atoms with Crippen LogP contribution in [-0.4, -0.2) is 36.1 Å². The van der Waals surface area contributed by atoms with Gasteiger partial charge >= 0.3 is 0 Å². The van der Waals surface area contributed by atoms with Gasteiger partial charge in [-0.25, -0.2) is 10.1 Å².